The van der Waals surface area contributed by atoms with Crippen molar-refractivity contribution in [2.75, 3.05) is 13.2 Å². The van der Waals surface area contributed by atoms with Gasteiger partial charge in [-0.05, 0) is 48.6 Å². The van der Waals surface area contributed by atoms with Crippen molar-refractivity contribution in [3.63, 3.8) is 0 Å². The molecule has 2 aromatic carbocycles. The van der Waals surface area contributed by atoms with E-state index in [4.69, 9.17) is 9.47 Å². The molecule has 122 valence electrons. The van der Waals surface area contributed by atoms with Crippen LogP contribution in [0.2, 0.25) is 0 Å². The molecule has 24 heavy (non-hydrogen) atoms. The Morgan fingerprint density at radius 1 is 0.750 bits per heavy atom. The molecule has 1 saturated heterocycles. The van der Waals surface area contributed by atoms with Gasteiger partial charge in [-0.2, -0.15) is 0 Å². The third kappa shape index (κ3) is 3.38. The quantitative estimate of drug-likeness (QED) is 0.721. The summed E-state index contributed by atoms with van der Waals surface area (Å²) < 4.78 is 11.6. The van der Waals surface area contributed by atoms with Gasteiger partial charge in [-0.3, -0.25) is 0 Å². The van der Waals surface area contributed by atoms with Gasteiger partial charge in [-0.25, -0.2) is 0 Å². The maximum atomic E-state index is 5.82. The minimum absolute atomic E-state index is 0.266. The molecule has 2 heteroatoms. The van der Waals surface area contributed by atoms with Crippen molar-refractivity contribution in [2.45, 2.75) is 37.4 Å². The van der Waals surface area contributed by atoms with Crippen LogP contribution in [-0.4, -0.2) is 19.0 Å². The number of benzene rings is 2. The van der Waals surface area contributed by atoms with Crippen molar-refractivity contribution < 1.29 is 9.47 Å². The highest BCUT2D eigenvalue weighted by molar-refractivity contribution is 5.43. The van der Waals surface area contributed by atoms with Gasteiger partial charge in [0.15, 0.2) is 5.79 Å². The summed E-state index contributed by atoms with van der Waals surface area (Å²) in [5.41, 5.74) is 3.53. The molecule has 1 heterocycles. The summed E-state index contributed by atoms with van der Waals surface area (Å²) in [7, 11) is 0. The lowest BCUT2D eigenvalue weighted by Crippen LogP contribution is -2.34. The molecular formula is C22H22O2. The summed E-state index contributed by atoms with van der Waals surface area (Å²) >= 11 is 0. The Morgan fingerprint density at radius 3 is 1.96 bits per heavy atom. The maximum Gasteiger partial charge on any atom is 0.168 e. The minimum Gasteiger partial charge on any atom is -0.348 e. The van der Waals surface area contributed by atoms with Crippen LogP contribution in [0.4, 0.5) is 0 Å². The molecule has 0 amide bonds. The predicted molar refractivity (Wildman–Crippen MR) is 94.7 cm³/mol. The summed E-state index contributed by atoms with van der Waals surface area (Å²) in [6.07, 6.45) is 4.28. The van der Waals surface area contributed by atoms with Crippen molar-refractivity contribution >= 4 is 0 Å². The van der Waals surface area contributed by atoms with Gasteiger partial charge in [-0.15, -0.1) is 0 Å². The number of rotatable bonds is 1. The van der Waals surface area contributed by atoms with Gasteiger partial charge in [0.2, 0.25) is 0 Å². The van der Waals surface area contributed by atoms with E-state index >= 15 is 0 Å². The molecule has 0 unspecified atom stereocenters. The third-order valence-electron chi connectivity index (χ3n) is 5.07. The molecule has 2 fully saturated rings. The fourth-order valence-corrected chi connectivity index (χ4v) is 3.68. The van der Waals surface area contributed by atoms with Crippen LogP contribution in [0.25, 0.3) is 0 Å². The first-order valence-electron chi connectivity index (χ1n) is 8.78. The van der Waals surface area contributed by atoms with Crippen LogP contribution in [0.5, 0.6) is 0 Å². The molecule has 1 aliphatic heterocycles. The van der Waals surface area contributed by atoms with E-state index < -0.39 is 0 Å². The van der Waals surface area contributed by atoms with Crippen LogP contribution < -0.4 is 0 Å². The Labute approximate surface area is 143 Å². The van der Waals surface area contributed by atoms with Gasteiger partial charge >= 0.3 is 0 Å². The predicted octanol–water partition coefficient (Wildman–Crippen LogP) is 4.49. The molecule has 1 aliphatic carbocycles. The van der Waals surface area contributed by atoms with Crippen LogP contribution in [-0.2, 0) is 9.47 Å². The maximum absolute atomic E-state index is 5.82. The largest absolute Gasteiger partial charge is 0.348 e. The van der Waals surface area contributed by atoms with E-state index in [0.717, 1.165) is 50.0 Å². The van der Waals surface area contributed by atoms with Crippen LogP contribution >= 0.6 is 0 Å². The monoisotopic (exact) mass is 318 g/mol. The van der Waals surface area contributed by atoms with E-state index in [2.05, 4.69) is 36.1 Å². The SMILES string of the molecule is C(#Cc1ccc(C2CCC3(CC2)OCCO3)cc1)c1ccccc1. The van der Waals surface area contributed by atoms with Crippen molar-refractivity contribution in [3.8, 4) is 11.8 Å². The Morgan fingerprint density at radius 2 is 1.33 bits per heavy atom. The zero-order valence-corrected chi connectivity index (χ0v) is 13.8. The molecule has 1 saturated carbocycles. The second-order valence-electron chi connectivity index (χ2n) is 6.62. The molecule has 0 N–H and O–H groups in total. The lowest BCUT2D eigenvalue weighted by atomic mass is 9.81. The number of hydrogen-bond acceptors (Lipinski definition) is 2. The van der Waals surface area contributed by atoms with Crippen molar-refractivity contribution in [3.05, 3.63) is 71.3 Å². The van der Waals surface area contributed by atoms with E-state index in [1.807, 2.05) is 30.3 Å². The normalized spacial score (nSPS) is 19.8. The van der Waals surface area contributed by atoms with E-state index in [-0.39, 0.29) is 5.79 Å². The summed E-state index contributed by atoms with van der Waals surface area (Å²) in [6.45, 7) is 1.50. The molecule has 4 rings (SSSR count). The first kappa shape index (κ1) is 15.4. The van der Waals surface area contributed by atoms with Gasteiger partial charge in [0.05, 0.1) is 13.2 Å². The first-order valence-corrected chi connectivity index (χ1v) is 8.78. The average molecular weight is 318 g/mol. The average Bonchev–Trinajstić information content (AvgIpc) is 3.10. The molecule has 2 aromatic rings. The van der Waals surface area contributed by atoms with Gasteiger partial charge in [0, 0.05) is 24.0 Å². The molecule has 2 aliphatic rings. The zero-order chi connectivity index (χ0) is 16.2. The summed E-state index contributed by atoms with van der Waals surface area (Å²) in [5, 5.41) is 0. The fourth-order valence-electron chi connectivity index (χ4n) is 3.68. The number of ether oxygens (including phenoxy) is 2. The van der Waals surface area contributed by atoms with Crippen molar-refractivity contribution in [2.24, 2.45) is 0 Å². The summed E-state index contributed by atoms with van der Waals surface area (Å²) in [4.78, 5) is 0. The molecule has 0 atom stereocenters. The molecular weight excluding hydrogens is 296 g/mol. The highest BCUT2D eigenvalue weighted by atomic mass is 16.7. The summed E-state index contributed by atoms with van der Waals surface area (Å²) in [5.74, 6) is 6.79. The lowest BCUT2D eigenvalue weighted by Gasteiger charge is -2.35. The highest BCUT2D eigenvalue weighted by Gasteiger charge is 2.40. The highest BCUT2D eigenvalue weighted by Crippen LogP contribution is 2.42. The van der Waals surface area contributed by atoms with Gasteiger partial charge in [-0.1, -0.05) is 42.2 Å². The summed E-state index contributed by atoms with van der Waals surface area (Å²) in [6, 6.07) is 18.8. The third-order valence-corrected chi connectivity index (χ3v) is 5.07. The van der Waals surface area contributed by atoms with Gasteiger partial charge < -0.3 is 9.47 Å². The fraction of sp³-hybridized carbons (Fsp3) is 0.364. The number of hydrogen-bond donors (Lipinski definition) is 0. The van der Waals surface area contributed by atoms with Crippen molar-refractivity contribution in [1.29, 1.82) is 0 Å². The first-order chi connectivity index (χ1) is 11.8. The molecule has 2 nitrogen and oxygen atoms in total. The van der Waals surface area contributed by atoms with E-state index in [1.165, 1.54) is 5.56 Å². The van der Waals surface area contributed by atoms with Crippen molar-refractivity contribution in [1.82, 2.24) is 0 Å². The van der Waals surface area contributed by atoms with Gasteiger partial charge in [0.25, 0.3) is 0 Å². The van der Waals surface area contributed by atoms with E-state index in [0.29, 0.717) is 5.92 Å². The Hall–Kier alpha value is -2.08. The molecule has 0 radical (unpaired) electrons. The van der Waals surface area contributed by atoms with Crippen LogP contribution in [0.3, 0.4) is 0 Å². The second-order valence-corrected chi connectivity index (χ2v) is 6.62. The van der Waals surface area contributed by atoms with Crippen LogP contribution in [0.1, 0.15) is 48.3 Å². The van der Waals surface area contributed by atoms with Gasteiger partial charge in [0.1, 0.15) is 0 Å². The molecule has 0 aromatic heterocycles. The molecule has 1 spiro atoms. The van der Waals surface area contributed by atoms with E-state index in [1.54, 1.807) is 0 Å². The second kappa shape index (κ2) is 6.81. The standard InChI is InChI=1S/C22H22O2/c1-2-4-18(5-3-1)6-7-19-8-10-20(11-9-19)21-12-14-22(15-13-21)23-16-17-24-22/h1-5,8-11,21H,12-17H2. The Kier molecular flexibility index (Phi) is 4.38. The lowest BCUT2D eigenvalue weighted by molar-refractivity contribution is -0.178. The zero-order valence-electron chi connectivity index (χ0n) is 13.8. The Balaban J connectivity index is 1.40. The van der Waals surface area contributed by atoms with E-state index in [9.17, 15) is 0 Å². The minimum atomic E-state index is -0.266. The van der Waals surface area contributed by atoms with Crippen LogP contribution in [0, 0.1) is 11.8 Å². The smallest absolute Gasteiger partial charge is 0.168 e. The van der Waals surface area contributed by atoms with Crippen LogP contribution in [0.15, 0.2) is 54.6 Å². The molecule has 0 bridgehead atoms. The Bertz CT molecular complexity index is 721. The topological polar surface area (TPSA) is 18.5 Å².